The van der Waals surface area contributed by atoms with Crippen LogP contribution in [0.25, 0.3) is 0 Å². The van der Waals surface area contributed by atoms with Crippen molar-refractivity contribution in [1.82, 2.24) is 0 Å². The second-order valence-corrected chi connectivity index (χ2v) is 6.07. The summed E-state index contributed by atoms with van der Waals surface area (Å²) in [5.41, 5.74) is 1.41. The summed E-state index contributed by atoms with van der Waals surface area (Å²) in [4.78, 5) is 11.9. The molecule has 0 atom stereocenters. The molecule has 0 bridgehead atoms. The first kappa shape index (κ1) is 15.7. The molecule has 0 aromatic heterocycles. The van der Waals surface area contributed by atoms with Gasteiger partial charge in [-0.3, -0.25) is 0 Å². The highest BCUT2D eigenvalue weighted by Crippen LogP contribution is 2.25. The van der Waals surface area contributed by atoms with E-state index in [1.165, 1.54) is 12.8 Å². The Bertz CT molecular complexity index is 650. The molecular formula is C18H19ClN2O2. The van der Waals surface area contributed by atoms with Gasteiger partial charge in [-0.2, -0.15) is 0 Å². The molecular weight excluding hydrogens is 312 g/mol. The van der Waals surface area contributed by atoms with Crippen LogP contribution in [0, 0.1) is 0 Å². The summed E-state index contributed by atoms with van der Waals surface area (Å²) in [6.45, 7) is 0. The van der Waals surface area contributed by atoms with Gasteiger partial charge >= 0.3 is 6.03 Å². The molecule has 2 N–H and O–H groups in total. The zero-order chi connectivity index (χ0) is 16.1. The van der Waals surface area contributed by atoms with Crippen LogP contribution in [0.3, 0.4) is 0 Å². The van der Waals surface area contributed by atoms with Crippen LogP contribution in [0.1, 0.15) is 25.7 Å². The molecule has 5 heteroatoms. The molecule has 0 spiro atoms. The molecule has 120 valence electrons. The molecule has 2 aromatic rings. The highest BCUT2D eigenvalue weighted by molar-refractivity contribution is 6.30. The maximum absolute atomic E-state index is 11.9. The van der Waals surface area contributed by atoms with Gasteiger partial charge in [-0.25, -0.2) is 4.79 Å². The lowest BCUT2D eigenvalue weighted by Crippen LogP contribution is -2.19. The average Bonchev–Trinajstić information content (AvgIpc) is 3.04. The molecule has 2 amide bonds. The Morgan fingerprint density at radius 1 is 0.913 bits per heavy atom. The van der Waals surface area contributed by atoms with Gasteiger partial charge in [0.25, 0.3) is 0 Å². The van der Waals surface area contributed by atoms with Crippen molar-refractivity contribution in [3.63, 3.8) is 0 Å². The summed E-state index contributed by atoms with van der Waals surface area (Å²) in [6, 6.07) is 14.1. The molecule has 23 heavy (non-hydrogen) atoms. The molecule has 1 saturated carbocycles. The standard InChI is InChI=1S/C18H19ClN2O2/c19-13-5-7-14(8-6-13)20-18(22)21-15-9-11-17(12-10-15)23-16-3-1-2-4-16/h5-12,16H,1-4H2,(H2,20,21,22). The number of benzene rings is 2. The Balaban J connectivity index is 1.52. The maximum atomic E-state index is 11.9. The zero-order valence-electron chi connectivity index (χ0n) is 12.7. The first-order valence-corrected chi connectivity index (χ1v) is 8.17. The third-order valence-corrected chi connectivity index (χ3v) is 4.07. The van der Waals surface area contributed by atoms with Crippen LogP contribution in [0.15, 0.2) is 48.5 Å². The van der Waals surface area contributed by atoms with Crippen LogP contribution >= 0.6 is 11.6 Å². The Morgan fingerprint density at radius 3 is 2.00 bits per heavy atom. The Morgan fingerprint density at radius 2 is 1.43 bits per heavy atom. The Hall–Kier alpha value is -2.20. The summed E-state index contributed by atoms with van der Waals surface area (Å²) < 4.78 is 5.90. The van der Waals surface area contributed by atoms with E-state index in [0.717, 1.165) is 24.3 Å². The summed E-state index contributed by atoms with van der Waals surface area (Å²) >= 11 is 5.81. The molecule has 1 fully saturated rings. The van der Waals surface area contributed by atoms with Crippen molar-refractivity contribution in [2.75, 3.05) is 10.6 Å². The lowest BCUT2D eigenvalue weighted by molar-refractivity contribution is 0.210. The van der Waals surface area contributed by atoms with E-state index in [9.17, 15) is 4.79 Å². The number of anilines is 2. The maximum Gasteiger partial charge on any atom is 0.323 e. The predicted molar refractivity (Wildman–Crippen MR) is 93.4 cm³/mol. The van der Waals surface area contributed by atoms with Crippen LogP contribution in [0.4, 0.5) is 16.2 Å². The van der Waals surface area contributed by atoms with Gasteiger partial charge in [0.1, 0.15) is 5.75 Å². The van der Waals surface area contributed by atoms with Crippen LogP contribution in [0.5, 0.6) is 5.75 Å². The van der Waals surface area contributed by atoms with E-state index in [1.807, 2.05) is 24.3 Å². The second kappa shape index (κ2) is 7.38. The minimum atomic E-state index is -0.295. The van der Waals surface area contributed by atoms with Crippen molar-refractivity contribution < 1.29 is 9.53 Å². The van der Waals surface area contributed by atoms with Crippen molar-refractivity contribution in [2.24, 2.45) is 0 Å². The number of carbonyl (C=O) groups excluding carboxylic acids is 1. The molecule has 0 radical (unpaired) electrons. The van der Waals surface area contributed by atoms with E-state index in [1.54, 1.807) is 24.3 Å². The first-order valence-electron chi connectivity index (χ1n) is 7.79. The summed E-state index contributed by atoms with van der Waals surface area (Å²) in [6.07, 6.45) is 5.08. The third kappa shape index (κ3) is 4.63. The smallest absolute Gasteiger partial charge is 0.323 e. The topological polar surface area (TPSA) is 50.4 Å². The van der Waals surface area contributed by atoms with Gasteiger partial charge in [-0.15, -0.1) is 0 Å². The molecule has 3 rings (SSSR count). The van der Waals surface area contributed by atoms with Gasteiger partial charge in [0, 0.05) is 16.4 Å². The number of hydrogen-bond donors (Lipinski definition) is 2. The van der Waals surface area contributed by atoms with E-state index >= 15 is 0 Å². The van der Waals surface area contributed by atoms with Crippen molar-refractivity contribution in [2.45, 2.75) is 31.8 Å². The number of urea groups is 1. The van der Waals surface area contributed by atoms with Crippen molar-refractivity contribution >= 4 is 29.0 Å². The first-order chi connectivity index (χ1) is 11.2. The van der Waals surface area contributed by atoms with E-state index in [4.69, 9.17) is 16.3 Å². The monoisotopic (exact) mass is 330 g/mol. The molecule has 0 heterocycles. The number of nitrogens with one attached hydrogen (secondary N) is 2. The number of carbonyl (C=O) groups is 1. The molecule has 0 aliphatic heterocycles. The average molecular weight is 331 g/mol. The highest BCUT2D eigenvalue weighted by atomic mass is 35.5. The minimum absolute atomic E-state index is 0.295. The van der Waals surface area contributed by atoms with E-state index < -0.39 is 0 Å². The van der Waals surface area contributed by atoms with Crippen LogP contribution in [0.2, 0.25) is 5.02 Å². The van der Waals surface area contributed by atoms with Gasteiger partial charge in [0.05, 0.1) is 6.10 Å². The molecule has 1 aliphatic carbocycles. The summed E-state index contributed by atoms with van der Waals surface area (Å²) in [5.74, 6) is 0.848. The van der Waals surface area contributed by atoms with Crippen LogP contribution in [-0.4, -0.2) is 12.1 Å². The van der Waals surface area contributed by atoms with Gasteiger partial charge in [-0.1, -0.05) is 11.6 Å². The Labute approximate surface area is 140 Å². The van der Waals surface area contributed by atoms with Crippen LogP contribution < -0.4 is 15.4 Å². The molecule has 0 unspecified atom stereocenters. The predicted octanol–water partition coefficient (Wildman–Crippen LogP) is 5.31. The second-order valence-electron chi connectivity index (χ2n) is 5.63. The van der Waals surface area contributed by atoms with Gasteiger partial charge in [0.15, 0.2) is 0 Å². The number of amides is 2. The van der Waals surface area contributed by atoms with Gasteiger partial charge in [-0.05, 0) is 74.2 Å². The van der Waals surface area contributed by atoms with Gasteiger partial charge in [0.2, 0.25) is 0 Å². The number of halogens is 1. The van der Waals surface area contributed by atoms with Crippen LogP contribution in [-0.2, 0) is 0 Å². The molecule has 4 nitrogen and oxygen atoms in total. The summed E-state index contributed by atoms with van der Waals surface area (Å²) in [5, 5.41) is 6.17. The van der Waals surface area contributed by atoms with Crippen molar-refractivity contribution in [1.29, 1.82) is 0 Å². The minimum Gasteiger partial charge on any atom is -0.490 e. The number of hydrogen-bond acceptors (Lipinski definition) is 2. The van der Waals surface area contributed by atoms with Crippen molar-refractivity contribution in [3.8, 4) is 5.75 Å². The zero-order valence-corrected chi connectivity index (χ0v) is 13.5. The lowest BCUT2D eigenvalue weighted by atomic mass is 10.2. The molecule has 0 saturated heterocycles. The quantitative estimate of drug-likeness (QED) is 0.798. The normalized spacial score (nSPS) is 14.5. The SMILES string of the molecule is O=C(Nc1ccc(Cl)cc1)Nc1ccc(OC2CCCC2)cc1. The third-order valence-electron chi connectivity index (χ3n) is 3.82. The van der Waals surface area contributed by atoms with E-state index in [-0.39, 0.29) is 6.03 Å². The van der Waals surface area contributed by atoms with Gasteiger partial charge < -0.3 is 15.4 Å². The fraction of sp³-hybridized carbons (Fsp3) is 0.278. The molecule has 1 aliphatic rings. The largest absolute Gasteiger partial charge is 0.490 e. The lowest BCUT2D eigenvalue weighted by Gasteiger charge is -2.13. The fourth-order valence-corrected chi connectivity index (χ4v) is 2.77. The molecule has 2 aromatic carbocycles. The number of ether oxygens (including phenoxy) is 1. The summed E-state index contributed by atoms with van der Waals surface area (Å²) in [7, 11) is 0. The fourth-order valence-electron chi connectivity index (χ4n) is 2.64. The highest BCUT2D eigenvalue weighted by Gasteiger charge is 2.16. The van der Waals surface area contributed by atoms with Crippen molar-refractivity contribution in [3.05, 3.63) is 53.6 Å². The van der Waals surface area contributed by atoms with E-state index in [2.05, 4.69) is 10.6 Å². The number of rotatable bonds is 4. The Kier molecular flexibility index (Phi) is 5.03. The van der Waals surface area contributed by atoms with E-state index in [0.29, 0.717) is 16.8 Å².